The number of ether oxygens (including phenoxy) is 1. The van der Waals surface area contributed by atoms with Crippen LogP contribution in [0, 0.1) is 0 Å². The maximum Gasteiger partial charge on any atom is 0.416 e. The number of benzene rings is 2. The SMILES string of the molecule is CCCC(Oc1cccc(C(F)(F)F)c1)c1nc2cc(Cl)ccc2o1. The Labute approximate surface area is 147 Å². The average Bonchev–Trinajstić information content (AvgIpc) is 2.97. The van der Waals surface area contributed by atoms with Gasteiger partial charge in [-0.25, -0.2) is 4.98 Å². The van der Waals surface area contributed by atoms with Gasteiger partial charge in [0.25, 0.3) is 0 Å². The fourth-order valence-corrected chi connectivity index (χ4v) is 2.63. The number of fused-ring (bicyclic) bond motifs is 1. The Bertz CT molecular complexity index is 876. The molecule has 1 atom stereocenters. The summed E-state index contributed by atoms with van der Waals surface area (Å²) in [4.78, 5) is 4.36. The molecule has 0 aliphatic carbocycles. The second-order valence-electron chi connectivity index (χ2n) is 5.58. The van der Waals surface area contributed by atoms with Crippen molar-refractivity contribution in [1.29, 1.82) is 0 Å². The Kier molecular flexibility index (Phi) is 4.90. The molecule has 0 amide bonds. The molecule has 1 unspecified atom stereocenters. The number of hydrogen-bond acceptors (Lipinski definition) is 3. The minimum Gasteiger partial charge on any atom is -0.481 e. The van der Waals surface area contributed by atoms with E-state index in [1.165, 1.54) is 12.1 Å². The summed E-state index contributed by atoms with van der Waals surface area (Å²) in [5, 5.41) is 0.526. The summed E-state index contributed by atoms with van der Waals surface area (Å²) in [5.41, 5.74) is 0.369. The predicted octanol–water partition coefficient (Wildman–Crippen LogP) is 6.42. The van der Waals surface area contributed by atoms with Crippen LogP contribution in [0.2, 0.25) is 5.02 Å². The van der Waals surface area contributed by atoms with E-state index in [0.29, 0.717) is 28.4 Å². The molecule has 2 aromatic carbocycles. The number of nitrogens with zero attached hydrogens (tertiary/aromatic N) is 1. The first kappa shape index (κ1) is 17.6. The van der Waals surface area contributed by atoms with E-state index in [-0.39, 0.29) is 5.75 Å². The molecule has 25 heavy (non-hydrogen) atoms. The molecule has 7 heteroatoms. The molecule has 0 radical (unpaired) electrons. The molecule has 3 rings (SSSR count). The monoisotopic (exact) mass is 369 g/mol. The molecular weight excluding hydrogens is 355 g/mol. The second kappa shape index (κ2) is 6.96. The van der Waals surface area contributed by atoms with Crippen molar-refractivity contribution in [3.8, 4) is 5.75 Å². The molecule has 0 bridgehead atoms. The van der Waals surface area contributed by atoms with Gasteiger partial charge in [-0.05, 0) is 42.8 Å². The van der Waals surface area contributed by atoms with E-state index < -0.39 is 17.8 Å². The van der Waals surface area contributed by atoms with Crippen LogP contribution < -0.4 is 4.74 Å². The van der Waals surface area contributed by atoms with E-state index in [1.54, 1.807) is 18.2 Å². The fraction of sp³-hybridized carbons (Fsp3) is 0.278. The zero-order valence-corrected chi connectivity index (χ0v) is 14.1. The van der Waals surface area contributed by atoms with Crippen molar-refractivity contribution >= 4 is 22.7 Å². The van der Waals surface area contributed by atoms with Gasteiger partial charge < -0.3 is 9.15 Å². The number of halogens is 4. The molecule has 0 aliphatic heterocycles. The summed E-state index contributed by atoms with van der Waals surface area (Å²) < 4.78 is 50.0. The van der Waals surface area contributed by atoms with Crippen molar-refractivity contribution in [2.45, 2.75) is 32.0 Å². The molecule has 1 heterocycles. The van der Waals surface area contributed by atoms with E-state index in [0.717, 1.165) is 18.6 Å². The van der Waals surface area contributed by atoms with Crippen LogP contribution in [0.25, 0.3) is 11.1 Å². The highest BCUT2D eigenvalue weighted by Crippen LogP contribution is 2.34. The standard InChI is InChI=1S/C18H15ClF3NO2/c1-2-4-16(17-23-14-10-12(19)7-8-15(14)25-17)24-13-6-3-5-11(9-13)18(20,21)22/h3,5-10,16H,2,4H2,1H3. The summed E-state index contributed by atoms with van der Waals surface area (Å²) in [6, 6.07) is 9.82. The Balaban J connectivity index is 1.90. The van der Waals surface area contributed by atoms with Crippen LogP contribution in [-0.2, 0) is 6.18 Å². The molecule has 0 fully saturated rings. The molecule has 3 aromatic rings. The summed E-state index contributed by atoms with van der Waals surface area (Å²) >= 11 is 5.94. The Hall–Kier alpha value is -2.21. The predicted molar refractivity (Wildman–Crippen MR) is 88.7 cm³/mol. The van der Waals surface area contributed by atoms with Gasteiger partial charge in [0, 0.05) is 5.02 Å². The van der Waals surface area contributed by atoms with Crippen molar-refractivity contribution in [2.75, 3.05) is 0 Å². The van der Waals surface area contributed by atoms with Gasteiger partial charge >= 0.3 is 6.18 Å². The molecule has 0 N–H and O–H groups in total. The minimum absolute atomic E-state index is 0.119. The Morgan fingerprint density at radius 1 is 1.20 bits per heavy atom. The largest absolute Gasteiger partial charge is 0.481 e. The molecule has 0 saturated carbocycles. The van der Waals surface area contributed by atoms with Gasteiger partial charge in [-0.2, -0.15) is 13.2 Å². The molecule has 132 valence electrons. The first-order valence-corrected chi connectivity index (χ1v) is 8.14. The van der Waals surface area contributed by atoms with Crippen molar-refractivity contribution in [1.82, 2.24) is 4.98 Å². The van der Waals surface area contributed by atoms with E-state index in [2.05, 4.69) is 4.98 Å². The summed E-state index contributed by atoms with van der Waals surface area (Å²) in [7, 11) is 0. The van der Waals surface area contributed by atoms with Crippen LogP contribution in [0.3, 0.4) is 0 Å². The van der Waals surface area contributed by atoms with Crippen LogP contribution in [0.1, 0.15) is 37.3 Å². The lowest BCUT2D eigenvalue weighted by Crippen LogP contribution is -2.09. The first-order chi connectivity index (χ1) is 11.9. The van der Waals surface area contributed by atoms with Gasteiger partial charge in [0.15, 0.2) is 11.7 Å². The molecule has 1 aromatic heterocycles. The van der Waals surface area contributed by atoms with E-state index in [4.69, 9.17) is 20.8 Å². The fourth-order valence-electron chi connectivity index (χ4n) is 2.46. The Morgan fingerprint density at radius 2 is 2.00 bits per heavy atom. The third kappa shape index (κ3) is 4.07. The number of oxazole rings is 1. The van der Waals surface area contributed by atoms with Gasteiger partial charge in [-0.1, -0.05) is 31.0 Å². The molecule has 0 aliphatic rings. The van der Waals surface area contributed by atoms with Crippen LogP contribution in [0.5, 0.6) is 5.75 Å². The third-order valence-electron chi connectivity index (χ3n) is 3.63. The highest BCUT2D eigenvalue weighted by atomic mass is 35.5. The minimum atomic E-state index is -4.42. The smallest absolute Gasteiger partial charge is 0.416 e. The van der Waals surface area contributed by atoms with E-state index in [9.17, 15) is 13.2 Å². The summed E-state index contributed by atoms with van der Waals surface area (Å²) in [6.07, 6.45) is -3.70. The molecule has 0 spiro atoms. The van der Waals surface area contributed by atoms with E-state index in [1.807, 2.05) is 6.92 Å². The average molecular weight is 370 g/mol. The summed E-state index contributed by atoms with van der Waals surface area (Å²) in [5.74, 6) is 0.435. The molecule has 3 nitrogen and oxygen atoms in total. The third-order valence-corrected chi connectivity index (χ3v) is 3.87. The lowest BCUT2D eigenvalue weighted by molar-refractivity contribution is -0.137. The lowest BCUT2D eigenvalue weighted by Gasteiger charge is -2.16. The normalized spacial score (nSPS) is 13.2. The second-order valence-corrected chi connectivity index (χ2v) is 6.02. The maximum atomic E-state index is 12.9. The van der Waals surface area contributed by atoms with Crippen molar-refractivity contribution < 1.29 is 22.3 Å². The lowest BCUT2D eigenvalue weighted by atomic mass is 10.2. The zero-order valence-electron chi connectivity index (χ0n) is 13.3. The quantitative estimate of drug-likeness (QED) is 0.520. The number of aromatic nitrogens is 1. The summed E-state index contributed by atoms with van der Waals surface area (Å²) in [6.45, 7) is 1.95. The number of rotatable bonds is 5. The van der Waals surface area contributed by atoms with E-state index >= 15 is 0 Å². The molecular formula is C18H15ClF3NO2. The maximum absolute atomic E-state index is 12.9. The number of hydrogen-bond donors (Lipinski definition) is 0. The van der Waals surface area contributed by atoms with Crippen LogP contribution >= 0.6 is 11.6 Å². The van der Waals surface area contributed by atoms with Crippen LogP contribution in [0.4, 0.5) is 13.2 Å². The zero-order chi connectivity index (χ0) is 18.0. The highest BCUT2D eigenvalue weighted by molar-refractivity contribution is 6.31. The van der Waals surface area contributed by atoms with Gasteiger partial charge in [0.05, 0.1) is 5.56 Å². The topological polar surface area (TPSA) is 35.3 Å². The van der Waals surface area contributed by atoms with Gasteiger partial charge in [-0.3, -0.25) is 0 Å². The van der Waals surface area contributed by atoms with Crippen molar-refractivity contribution in [3.05, 3.63) is 58.9 Å². The first-order valence-electron chi connectivity index (χ1n) is 7.76. The van der Waals surface area contributed by atoms with Gasteiger partial charge in [-0.15, -0.1) is 0 Å². The van der Waals surface area contributed by atoms with Crippen LogP contribution in [0.15, 0.2) is 46.9 Å². The highest BCUT2D eigenvalue weighted by Gasteiger charge is 2.31. The van der Waals surface area contributed by atoms with Crippen molar-refractivity contribution in [2.24, 2.45) is 0 Å². The number of alkyl halides is 3. The Morgan fingerprint density at radius 3 is 2.72 bits per heavy atom. The van der Waals surface area contributed by atoms with Gasteiger partial charge in [0.1, 0.15) is 11.3 Å². The molecule has 0 saturated heterocycles. The van der Waals surface area contributed by atoms with Crippen molar-refractivity contribution in [3.63, 3.8) is 0 Å². The van der Waals surface area contributed by atoms with Gasteiger partial charge in [0.2, 0.25) is 5.89 Å². The van der Waals surface area contributed by atoms with Crippen LogP contribution in [-0.4, -0.2) is 4.98 Å².